The van der Waals surface area contributed by atoms with Crippen molar-refractivity contribution in [2.24, 2.45) is 7.05 Å². The second kappa shape index (κ2) is 5.94. The quantitative estimate of drug-likeness (QED) is 0.941. The number of carbonyl (C=O) groups is 1. The number of aromatic nitrogens is 2. The van der Waals surface area contributed by atoms with Gasteiger partial charge in [-0.05, 0) is 31.5 Å². The summed E-state index contributed by atoms with van der Waals surface area (Å²) in [6.07, 6.45) is -4.57. The summed E-state index contributed by atoms with van der Waals surface area (Å²) in [5.74, 6) is -0.0136. The van der Waals surface area contributed by atoms with Crippen LogP contribution in [0, 0.1) is 13.8 Å². The number of benzene rings is 1. The summed E-state index contributed by atoms with van der Waals surface area (Å²) in [5.41, 5.74) is -0.0223. The number of nitrogens with one attached hydrogen (secondary N) is 1. The van der Waals surface area contributed by atoms with Crippen LogP contribution >= 0.6 is 0 Å². The summed E-state index contributed by atoms with van der Waals surface area (Å²) in [6, 6.07) is 4.80. The molecule has 2 aromatic rings. The Kier molecular flexibility index (Phi) is 4.35. The summed E-state index contributed by atoms with van der Waals surface area (Å²) >= 11 is 0. The fourth-order valence-corrected chi connectivity index (χ4v) is 2.21. The summed E-state index contributed by atoms with van der Waals surface area (Å²) in [4.78, 5) is 12.3. The minimum atomic E-state index is -4.57. The second-order valence-electron chi connectivity index (χ2n) is 5.08. The van der Waals surface area contributed by atoms with Crippen LogP contribution in [0.2, 0.25) is 0 Å². The van der Waals surface area contributed by atoms with Crippen LogP contribution in [-0.2, 0) is 13.2 Å². The lowest BCUT2D eigenvalue weighted by Crippen LogP contribution is -2.15. The maximum absolute atomic E-state index is 12.8. The second-order valence-corrected chi connectivity index (χ2v) is 5.08. The van der Waals surface area contributed by atoms with Crippen molar-refractivity contribution in [3.05, 3.63) is 40.6 Å². The van der Waals surface area contributed by atoms with E-state index in [1.165, 1.54) is 27.1 Å². The Morgan fingerprint density at radius 2 is 1.96 bits per heavy atom. The highest BCUT2D eigenvalue weighted by atomic mass is 19.4. The minimum Gasteiger partial charge on any atom is -0.496 e. The van der Waals surface area contributed by atoms with Gasteiger partial charge in [-0.2, -0.15) is 18.3 Å². The van der Waals surface area contributed by atoms with E-state index in [0.717, 1.165) is 10.2 Å². The Bertz CT molecular complexity index is 751. The molecule has 0 fully saturated rings. The van der Waals surface area contributed by atoms with E-state index >= 15 is 0 Å². The highest BCUT2D eigenvalue weighted by Gasteiger charge is 2.37. The summed E-state index contributed by atoms with van der Waals surface area (Å²) in [5, 5.41) is 5.89. The SMILES string of the molecule is COc1cc(C(=O)Nc2c(C)c(C(F)(F)F)nn2C)ccc1C. The predicted molar refractivity (Wildman–Crippen MR) is 78.6 cm³/mol. The van der Waals surface area contributed by atoms with E-state index in [1.807, 2.05) is 6.92 Å². The highest BCUT2D eigenvalue weighted by Crippen LogP contribution is 2.33. The molecular weight excluding hydrogens is 311 g/mol. The molecule has 8 heteroatoms. The molecule has 1 aromatic heterocycles. The van der Waals surface area contributed by atoms with E-state index < -0.39 is 17.8 Å². The maximum Gasteiger partial charge on any atom is 0.435 e. The molecule has 2 rings (SSSR count). The third-order valence-electron chi connectivity index (χ3n) is 3.45. The lowest BCUT2D eigenvalue weighted by molar-refractivity contribution is -0.141. The summed E-state index contributed by atoms with van der Waals surface area (Å²) in [6.45, 7) is 3.09. The zero-order valence-corrected chi connectivity index (χ0v) is 13.1. The fraction of sp³-hybridized carbons (Fsp3) is 0.333. The zero-order valence-electron chi connectivity index (χ0n) is 13.1. The van der Waals surface area contributed by atoms with Gasteiger partial charge in [0.05, 0.1) is 7.11 Å². The third kappa shape index (κ3) is 3.30. The van der Waals surface area contributed by atoms with Crippen molar-refractivity contribution in [3.63, 3.8) is 0 Å². The van der Waals surface area contributed by atoms with Gasteiger partial charge in [0, 0.05) is 18.2 Å². The number of hydrogen-bond donors (Lipinski definition) is 1. The molecule has 124 valence electrons. The van der Waals surface area contributed by atoms with Crippen molar-refractivity contribution in [1.82, 2.24) is 9.78 Å². The molecule has 1 aromatic carbocycles. The first-order chi connectivity index (χ1) is 10.6. The largest absolute Gasteiger partial charge is 0.496 e. The van der Waals surface area contributed by atoms with E-state index in [1.54, 1.807) is 12.1 Å². The van der Waals surface area contributed by atoms with Crippen LogP contribution in [0.3, 0.4) is 0 Å². The fourth-order valence-electron chi connectivity index (χ4n) is 2.21. The van der Waals surface area contributed by atoms with Crippen LogP contribution in [0.15, 0.2) is 18.2 Å². The molecule has 5 nitrogen and oxygen atoms in total. The molecule has 0 unspecified atom stereocenters. The number of aryl methyl sites for hydroxylation is 2. The third-order valence-corrected chi connectivity index (χ3v) is 3.45. The first kappa shape index (κ1) is 16.9. The predicted octanol–water partition coefficient (Wildman–Crippen LogP) is 3.32. The summed E-state index contributed by atoms with van der Waals surface area (Å²) < 4.78 is 44.7. The number of rotatable bonds is 3. The molecule has 0 atom stereocenters. The van der Waals surface area contributed by atoms with E-state index in [9.17, 15) is 18.0 Å². The lowest BCUT2D eigenvalue weighted by atomic mass is 10.1. The highest BCUT2D eigenvalue weighted by molar-refractivity contribution is 6.04. The number of anilines is 1. The smallest absolute Gasteiger partial charge is 0.435 e. The number of ether oxygens (including phenoxy) is 1. The number of amides is 1. The maximum atomic E-state index is 12.8. The van der Waals surface area contributed by atoms with Gasteiger partial charge in [-0.1, -0.05) is 6.07 Å². The molecular formula is C15H16F3N3O2. The Labute approximate surface area is 131 Å². The molecule has 0 saturated heterocycles. The standard InChI is InChI=1S/C15H16F3N3O2/c1-8-5-6-10(7-11(8)23-4)14(22)19-13-9(2)12(15(16,17)18)20-21(13)3/h5-7H,1-4H3,(H,19,22). The molecule has 1 amide bonds. The normalized spacial score (nSPS) is 11.4. The van der Waals surface area contributed by atoms with Gasteiger partial charge in [0.2, 0.25) is 0 Å². The van der Waals surface area contributed by atoms with Crippen molar-refractivity contribution >= 4 is 11.7 Å². The molecule has 0 radical (unpaired) electrons. The molecule has 0 bridgehead atoms. The lowest BCUT2D eigenvalue weighted by Gasteiger charge is -2.09. The van der Waals surface area contributed by atoms with E-state index in [2.05, 4.69) is 10.4 Å². The van der Waals surface area contributed by atoms with Gasteiger partial charge < -0.3 is 10.1 Å². The molecule has 0 aliphatic carbocycles. The number of hydrogen-bond acceptors (Lipinski definition) is 3. The average molecular weight is 327 g/mol. The van der Waals surface area contributed by atoms with Gasteiger partial charge in [-0.25, -0.2) is 0 Å². The first-order valence-corrected chi connectivity index (χ1v) is 6.72. The molecule has 23 heavy (non-hydrogen) atoms. The topological polar surface area (TPSA) is 56.1 Å². The van der Waals surface area contributed by atoms with Crippen LogP contribution in [0.4, 0.5) is 19.0 Å². The van der Waals surface area contributed by atoms with Gasteiger partial charge in [0.15, 0.2) is 5.69 Å². The number of halogens is 3. The number of methoxy groups -OCH3 is 1. The van der Waals surface area contributed by atoms with Gasteiger partial charge in [-0.15, -0.1) is 0 Å². The monoisotopic (exact) mass is 327 g/mol. The van der Waals surface area contributed by atoms with E-state index in [0.29, 0.717) is 5.75 Å². The Morgan fingerprint density at radius 1 is 1.30 bits per heavy atom. The Hall–Kier alpha value is -2.51. The molecule has 1 heterocycles. The van der Waals surface area contributed by atoms with Gasteiger partial charge in [-0.3, -0.25) is 9.48 Å². The molecule has 0 aliphatic rings. The van der Waals surface area contributed by atoms with E-state index in [-0.39, 0.29) is 16.9 Å². The molecule has 0 spiro atoms. The minimum absolute atomic E-state index is 0.00173. The Balaban J connectivity index is 2.33. The zero-order chi connectivity index (χ0) is 17.4. The van der Waals surface area contributed by atoms with Crippen molar-refractivity contribution in [2.45, 2.75) is 20.0 Å². The van der Waals surface area contributed by atoms with Crippen LogP contribution in [0.1, 0.15) is 27.2 Å². The van der Waals surface area contributed by atoms with Gasteiger partial charge >= 0.3 is 6.18 Å². The number of carbonyl (C=O) groups excluding carboxylic acids is 1. The average Bonchev–Trinajstić information content (AvgIpc) is 2.75. The Morgan fingerprint density at radius 3 is 2.48 bits per heavy atom. The van der Waals surface area contributed by atoms with Gasteiger partial charge in [0.25, 0.3) is 5.91 Å². The molecule has 1 N–H and O–H groups in total. The molecule has 0 saturated carbocycles. The van der Waals surface area contributed by atoms with Crippen LogP contribution in [-0.4, -0.2) is 22.8 Å². The number of nitrogens with zero attached hydrogens (tertiary/aromatic N) is 2. The summed E-state index contributed by atoms with van der Waals surface area (Å²) in [7, 11) is 2.82. The van der Waals surface area contributed by atoms with Crippen LogP contribution in [0.5, 0.6) is 5.75 Å². The van der Waals surface area contributed by atoms with Crippen molar-refractivity contribution < 1.29 is 22.7 Å². The van der Waals surface area contributed by atoms with Crippen molar-refractivity contribution in [2.75, 3.05) is 12.4 Å². The van der Waals surface area contributed by atoms with Crippen molar-refractivity contribution in [1.29, 1.82) is 0 Å². The van der Waals surface area contributed by atoms with Crippen molar-refractivity contribution in [3.8, 4) is 5.75 Å². The van der Waals surface area contributed by atoms with Gasteiger partial charge in [0.1, 0.15) is 11.6 Å². The number of alkyl halides is 3. The van der Waals surface area contributed by atoms with E-state index in [4.69, 9.17) is 4.74 Å². The van der Waals surface area contributed by atoms with Crippen LogP contribution in [0.25, 0.3) is 0 Å². The molecule has 0 aliphatic heterocycles. The van der Waals surface area contributed by atoms with Crippen LogP contribution < -0.4 is 10.1 Å². The first-order valence-electron chi connectivity index (χ1n) is 6.72.